The summed E-state index contributed by atoms with van der Waals surface area (Å²) < 4.78 is 5.55. The summed E-state index contributed by atoms with van der Waals surface area (Å²) in [7, 11) is 0. The topological polar surface area (TPSA) is 68.0 Å². The molecule has 1 aromatic heterocycles. The van der Waals surface area contributed by atoms with Crippen molar-refractivity contribution >= 4 is 11.9 Å². The number of aromatic nitrogens is 2. The second-order valence-corrected chi connectivity index (χ2v) is 6.32. The fourth-order valence-corrected chi connectivity index (χ4v) is 2.64. The van der Waals surface area contributed by atoms with Crippen molar-refractivity contribution in [2.45, 2.75) is 33.6 Å². The lowest BCUT2D eigenvalue weighted by Gasteiger charge is -2.04. The van der Waals surface area contributed by atoms with Crippen molar-refractivity contribution in [2.24, 2.45) is 0 Å². The quantitative estimate of drug-likeness (QED) is 0.771. The van der Waals surface area contributed by atoms with Crippen LogP contribution >= 0.6 is 0 Å². The van der Waals surface area contributed by atoms with Gasteiger partial charge < -0.3 is 4.42 Å². The SMILES string of the molecule is Cc1ccc(CC(=O)Nc2nnc(Cc3ccc(C)cc3C)o2)cc1. The molecule has 0 bridgehead atoms. The van der Waals surface area contributed by atoms with Crippen LogP contribution in [0.5, 0.6) is 0 Å². The molecule has 0 saturated carbocycles. The number of anilines is 1. The van der Waals surface area contributed by atoms with Crippen LogP contribution in [0.2, 0.25) is 0 Å². The van der Waals surface area contributed by atoms with Crippen LogP contribution in [0.3, 0.4) is 0 Å². The highest BCUT2D eigenvalue weighted by Gasteiger charge is 2.12. The number of aryl methyl sites for hydroxylation is 3. The zero-order chi connectivity index (χ0) is 17.8. The summed E-state index contributed by atoms with van der Waals surface area (Å²) in [5.41, 5.74) is 5.64. The zero-order valence-electron chi connectivity index (χ0n) is 14.7. The molecule has 2 aromatic carbocycles. The minimum atomic E-state index is -0.175. The maximum absolute atomic E-state index is 12.1. The molecule has 0 radical (unpaired) electrons. The normalized spacial score (nSPS) is 10.7. The minimum Gasteiger partial charge on any atom is -0.407 e. The number of amides is 1. The number of hydrogen-bond acceptors (Lipinski definition) is 4. The molecule has 0 unspecified atom stereocenters. The molecule has 3 aromatic rings. The second-order valence-electron chi connectivity index (χ2n) is 6.32. The Balaban J connectivity index is 1.61. The molecule has 128 valence electrons. The molecule has 25 heavy (non-hydrogen) atoms. The average Bonchev–Trinajstić information content (AvgIpc) is 2.99. The van der Waals surface area contributed by atoms with E-state index in [2.05, 4.69) is 47.6 Å². The lowest BCUT2D eigenvalue weighted by Crippen LogP contribution is -2.14. The Bertz CT molecular complexity index is 882. The third kappa shape index (κ3) is 4.53. The minimum absolute atomic E-state index is 0.136. The highest BCUT2D eigenvalue weighted by Crippen LogP contribution is 2.16. The second kappa shape index (κ2) is 7.30. The van der Waals surface area contributed by atoms with Crippen molar-refractivity contribution in [3.8, 4) is 0 Å². The fourth-order valence-electron chi connectivity index (χ4n) is 2.64. The number of rotatable bonds is 5. The van der Waals surface area contributed by atoms with Crippen molar-refractivity contribution in [3.63, 3.8) is 0 Å². The van der Waals surface area contributed by atoms with Gasteiger partial charge in [-0.25, -0.2) is 0 Å². The van der Waals surface area contributed by atoms with Crippen molar-refractivity contribution < 1.29 is 9.21 Å². The summed E-state index contributed by atoms with van der Waals surface area (Å²) in [6.45, 7) is 6.13. The van der Waals surface area contributed by atoms with Gasteiger partial charge in [0.2, 0.25) is 11.8 Å². The van der Waals surface area contributed by atoms with Crippen LogP contribution in [0, 0.1) is 20.8 Å². The molecule has 3 rings (SSSR count). The molecule has 0 aliphatic carbocycles. The Morgan fingerprint density at radius 3 is 2.44 bits per heavy atom. The Morgan fingerprint density at radius 1 is 1.00 bits per heavy atom. The van der Waals surface area contributed by atoms with Gasteiger partial charge >= 0.3 is 6.01 Å². The van der Waals surface area contributed by atoms with Gasteiger partial charge in [0, 0.05) is 0 Å². The number of nitrogens with zero attached hydrogens (tertiary/aromatic N) is 2. The molecular formula is C20H21N3O2. The number of nitrogens with one attached hydrogen (secondary N) is 1. The summed E-state index contributed by atoms with van der Waals surface area (Å²) in [5, 5.41) is 10.6. The number of carbonyl (C=O) groups is 1. The van der Waals surface area contributed by atoms with E-state index in [9.17, 15) is 4.79 Å². The molecular weight excluding hydrogens is 314 g/mol. The Labute approximate surface area is 147 Å². The fraction of sp³-hybridized carbons (Fsp3) is 0.250. The molecule has 0 fully saturated rings. The van der Waals surface area contributed by atoms with Crippen LogP contribution < -0.4 is 5.32 Å². The average molecular weight is 335 g/mol. The van der Waals surface area contributed by atoms with Gasteiger partial charge in [0.05, 0.1) is 12.8 Å². The summed E-state index contributed by atoms with van der Waals surface area (Å²) in [6.07, 6.45) is 0.821. The summed E-state index contributed by atoms with van der Waals surface area (Å²) in [6, 6.07) is 14.2. The van der Waals surface area contributed by atoms with E-state index in [-0.39, 0.29) is 18.3 Å². The van der Waals surface area contributed by atoms with Crippen LogP contribution in [0.15, 0.2) is 46.9 Å². The molecule has 0 aliphatic heterocycles. The molecule has 5 nitrogen and oxygen atoms in total. The van der Waals surface area contributed by atoms with E-state index in [0.29, 0.717) is 12.3 Å². The van der Waals surface area contributed by atoms with Crippen LogP contribution in [0.4, 0.5) is 6.01 Å². The van der Waals surface area contributed by atoms with E-state index in [1.165, 1.54) is 11.1 Å². The van der Waals surface area contributed by atoms with Crippen LogP contribution in [-0.2, 0) is 17.6 Å². The smallest absolute Gasteiger partial charge is 0.322 e. The molecule has 1 N–H and O–H groups in total. The van der Waals surface area contributed by atoms with Gasteiger partial charge in [0.15, 0.2) is 0 Å². The first kappa shape index (κ1) is 16.9. The van der Waals surface area contributed by atoms with Gasteiger partial charge in [0.1, 0.15) is 0 Å². The third-order valence-electron chi connectivity index (χ3n) is 4.04. The highest BCUT2D eigenvalue weighted by atomic mass is 16.4. The summed E-state index contributed by atoms with van der Waals surface area (Å²) in [4.78, 5) is 12.1. The zero-order valence-corrected chi connectivity index (χ0v) is 14.7. The Hall–Kier alpha value is -2.95. The molecule has 0 atom stereocenters. The first-order chi connectivity index (χ1) is 12.0. The lowest BCUT2D eigenvalue weighted by molar-refractivity contribution is -0.115. The van der Waals surface area contributed by atoms with E-state index in [4.69, 9.17) is 4.42 Å². The Morgan fingerprint density at radius 2 is 1.72 bits per heavy atom. The van der Waals surface area contributed by atoms with Gasteiger partial charge in [-0.3, -0.25) is 10.1 Å². The Kier molecular flexibility index (Phi) is 4.93. The van der Waals surface area contributed by atoms with Gasteiger partial charge in [-0.1, -0.05) is 58.7 Å². The van der Waals surface area contributed by atoms with E-state index >= 15 is 0 Å². The van der Waals surface area contributed by atoms with E-state index < -0.39 is 0 Å². The first-order valence-corrected chi connectivity index (χ1v) is 8.23. The van der Waals surface area contributed by atoms with E-state index in [0.717, 1.165) is 16.7 Å². The van der Waals surface area contributed by atoms with Crippen molar-refractivity contribution in [1.29, 1.82) is 0 Å². The van der Waals surface area contributed by atoms with Crippen LogP contribution in [0.1, 0.15) is 33.7 Å². The molecule has 5 heteroatoms. The van der Waals surface area contributed by atoms with Crippen molar-refractivity contribution in [3.05, 3.63) is 76.2 Å². The van der Waals surface area contributed by atoms with Crippen molar-refractivity contribution in [1.82, 2.24) is 10.2 Å². The van der Waals surface area contributed by atoms with Crippen LogP contribution in [0.25, 0.3) is 0 Å². The number of hydrogen-bond donors (Lipinski definition) is 1. The molecule has 0 spiro atoms. The maximum atomic E-state index is 12.1. The van der Waals surface area contributed by atoms with Crippen LogP contribution in [-0.4, -0.2) is 16.1 Å². The first-order valence-electron chi connectivity index (χ1n) is 8.23. The molecule has 1 heterocycles. The largest absolute Gasteiger partial charge is 0.407 e. The standard InChI is InChI=1S/C20H21N3O2/c1-13-4-7-16(8-5-13)11-18(24)21-20-23-22-19(25-20)12-17-9-6-14(2)10-15(17)3/h4-10H,11-12H2,1-3H3,(H,21,23,24). The summed E-state index contributed by atoms with van der Waals surface area (Å²) in [5.74, 6) is 0.308. The molecule has 0 aliphatic rings. The highest BCUT2D eigenvalue weighted by molar-refractivity contribution is 5.90. The number of carbonyl (C=O) groups excluding carboxylic acids is 1. The third-order valence-corrected chi connectivity index (χ3v) is 4.04. The van der Waals surface area contributed by atoms with Gasteiger partial charge in [-0.2, -0.15) is 0 Å². The van der Waals surface area contributed by atoms with Gasteiger partial charge in [-0.05, 0) is 37.5 Å². The predicted molar refractivity (Wildman–Crippen MR) is 96.5 cm³/mol. The van der Waals surface area contributed by atoms with Gasteiger partial charge in [0.25, 0.3) is 0 Å². The predicted octanol–water partition coefficient (Wildman–Crippen LogP) is 3.77. The summed E-state index contributed by atoms with van der Waals surface area (Å²) >= 11 is 0. The van der Waals surface area contributed by atoms with Gasteiger partial charge in [-0.15, -0.1) is 5.10 Å². The van der Waals surface area contributed by atoms with Crippen molar-refractivity contribution in [2.75, 3.05) is 5.32 Å². The lowest BCUT2D eigenvalue weighted by atomic mass is 10.0. The molecule has 0 saturated heterocycles. The maximum Gasteiger partial charge on any atom is 0.322 e. The molecule has 1 amide bonds. The van der Waals surface area contributed by atoms with E-state index in [1.54, 1.807) is 0 Å². The van der Waals surface area contributed by atoms with E-state index in [1.807, 2.05) is 31.2 Å². The monoisotopic (exact) mass is 335 g/mol. The number of benzene rings is 2.